The zero-order chi connectivity index (χ0) is 36.2. The SMILES string of the molecule is CCOc1cc(-c2nc(-c3ccccc3)no2)ccc1OCC[18F].OCc1ccc(-c2noc(-c3ccc(OCC[18F])c(C(F)(F)F)c3)n2)cc1. The van der Waals surface area contributed by atoms with Gasteiger partial charge in [0.2, 0.25) is 11.6 Å². The summed E-state index contributed by atoms with van der Waals surface area (Å²) in [4.78, 5) is 8.52. The van der Waals surface area contributed by atoms with Gasteiger partial charge in [0, 0.05) is 22.3 Å². The Hall–Kier alpha value is -5.83. The highest BCUT2D eigenvalue weighted by Crippen LogP contribution is 2.39. The molecule has 0 aliphatic heterocycles. The van der Waals surface area contributed by atoms with Gasteiger partial charge in [0.25, 0.3) is 11.8 Å². The Bertz CT molecular complexity index is 1980. The maximum Gasteiger partial charge on any atom is 0.419 e. The van der Waals surface area contributed by atoms with Crippen LogP contribution in [0.1, 0.15) is 18.1 Å². The third-order valence-corrected chi connectivity index (χ3v) is 6.97. The van der Waals surface area contributed by atoms with Gasteiger partial charge in [-0.25, -0.2) is 8.78 Å². The second-order valence-corrected chi connectivity index (χ2v) is 10.4. The summed E-state index contributed by atoms with van der Waals surface area (Å²) in [5, 5.41) is 16.8. The fraction of sp³-hybridized carbons (Fsp3) is 0.222. The van der Waals surface area contributed by atoms with E-state index in [9.17, 15) is 22.0 Å². The van der Waals surface area contributed by atoms with Crippen molar-refractivity contribution in [2.45, 2.75) is 19.7 Å². The third kappa shape index (κ3) is 9.45. The molecule has 0 atom stereocenters. The van der Waals surface area contributed by atoms with Gasteiger partial charge < -0.3 is 28.4 Å². The zero-order valence-electron chi connectivity index (χ0n) is 27.1. The normalized spacial score (nSPS) is 11.1. The number of nitrogens with zero attached hydrogens (tertiary/aromatic N) is 4. The lowest BCUT2D eigenvalue weighted by atomic mass is 10.1. The Morgan fingerprint density at radius 1 is 0.627 bits per heavy atom. The molecule has 6 aromatic rings. The molecule has 266 valence electrons. The number of ether oxygens (including phenoxy) is 3. The van der Waals surface area contributed by atoms with Gasteiger partial charge in [0.15, 0.2) is 11.5 Å². The van der Waals surface area contributed by atoms with Crippen molar-refractivity contribution in [3.63, 3.8) is 0 Å². The molecule has 0 aliphatic rings. The minimum atomic E-state index is -4.69. The number of benzene rings is 4. The largest absolute Gasteiger partial charge is 0.490 e. The van der Waals surface area contributed by atoms with E-state index >= 15 is 0 Å². The Kier molecular flexibility index (Phi) is 12.3. The van der Waals surface area contributed by atoms with Gasteiger partial charge in [-0.3, -0.25) is 0 Å². The van der Waals surface area contributed by atoms with Crippen molar-refractivity contribution in [2.24, 2.45) is 0 Å². The lowest BCUT2D eigenvalue weighted by molar-refractivity contribution is -0.138. The molecule has 2 heterocycles. The molecule has 10 nitrogen and oxygen atoms in total. The average Bonchev–Trinajstić information content (AvgIpc) is 3.85. The van der Waals surface area contributed by atoms with Crippen LogP contribution in [0.5, 0.6) is 17.2 Å². The molecule has 2 aromatic heterocycles. The minimum absolute atomic E-state index is 0.0157. The maximum atomic E-state index is 13.3. The quantitative estimate of drug-likeness (QED) is 0.117. The van der Waals surface area contributed by atoms with Crippen LogP contribution in [-0.2, 0) is 12.8 Å². The Labute approximate surface area is 288 Å². The van der Waals surface area contributed by atoms with E-state index in [1.54, 1.807) is 42.5 Å². The number of hydrogen-bond acceptors (Lipinski definition) is 10. The summed E-state index contributed by atoms with van der Waals surface area (Å²) in [6.07, 6.45) is -4.69. The molecule has 0 fully saturated rings. The highest BCUT2D eigenvalue weighted by Gasteiger charge is 2.35. The summed E-state index contributed by atoms with van der Waals surface area (Å²) in [5.74, 6) is 1.53. The molecule has 1 N–H and O–H groups in total. The first-order valence-corrected chi connectivity index (χ1v) is 15.5. The third-order valence-electron chi connectivity index (χ3n) is 6.97. The number of aromatic nitrogens is 4. The van der Waals surface area contributed by atoms with E-state index in [-0.39, 0.29) is 30.5 Å². The van der Waals surface area contributed by atoms with Crippen molar-refractivity contribution in [3.8, 4) is 62.9 Å². The first-order chi connectivity index (χ1) is 24.7. The lowest BCUT2D eigenvalue weighted by Crippen LogP contribution is -2.10. The molecule has 0 bridgehead atoms. The van der Waals surface area contributed by atoms with E-state index < -0.39 is 37.4 Å². The second-order valence-electron chi connectivity index (χ2n) is 10.4. The maximum absolute atomic E-state index is 13.3. The highest BCUT2D eigenvalue weighted by molar-refractivity contribution is 5.64. The smallest absolute Gasteiger partial charge is 0.419 e. The molecule has 0 radical (unpaired) electrons. The molecule has 4 aromatic carbocycles. The van der Waals surface area contributed by atoms with E-state index in [1.165, 1.54) is 6.07 Å². The van der Waals surface area contributed by atoms with Crippen molar-refractivity contribution < 1.29 is 50.3 Å². The first-order valence-electron chi connectivity index (χ1n) is 15.5. The number of hydrogen-bond donors (Lipinski definition) is 1. The van der Waals surface area contributed by atoms with Crippen LogP contribution in [0.4, 0.5) is 22.0 Å². The summed E-state index contributed by atoms with van der Waals surface area (Å²) in [6.45, 7) is 0.267. The van der Waals surface area contributed by atoms with Gasteiger partial charge in [-0.15, -0.1) is 0 Å². The fourth-order valence-corrected chi connectivity index (χ4v) is 4.60. The summed E-state index contributed by atoms with van der Waals surface area (Å²) >= 11 is 0. The van der Waals surface area contributed by atoms with Crippen molar-refractivity contribution in [1.29, 1.82) is 0 Å². The van der Waals surface area contributed by atoms with Gasteiger partial charge in [0.1, 0.15) is 32.3 Å². The second kappa shape index (κ2) is 17.2. The van der Waals surface area contributed by atoms with E-state index in [0.717, 1.165) is 17.7 Å². The molecule has 15 heteroatoms. The summed E-state index contributed by atoms with van der Waals surface area (Å²) in [7, 11) is 0. The van der Waals surface area contributed by atoms with Crippen molar-refractivity contribution in [1.82, 2.24) is 20.3 Å². The molecule has 0 saturated carbocycles. The number of alkyl halides is 5. The topological polar surface area (TPSA) is 126 Å². The van der Waals surface area contributed by atoms with Crippen LogP contribution in [0.3, 0.4) is 0 Å². The summed E-state index contributed by atoms with van der Waals surface area (Å²) in [6, 6.07) is 24.7. The number of halogens is 5. The number of rotatable bonds is 13. The van der Waals surface area contributed by atoms with Crippen LogP contribution >= 0.6 is 0 Å². The van der Waals surface area contributed by atoms with E-state index in [0.29, 0.717) is 46.5 Å². The Morgan fingerprint density at radius 2 is 1.16 bits per heavy atom. The molecule has 0 spiro atoms. The van der Waals surface area contributed by atoms with Gasteiger partial charge in [-0.2, -0.15) is 23.1 Å². The van der Waals surface area contributed by atoms with Gasteiger partial charge in [-0.05, 0) is 48.9 Å². The van der Waals surface area contributed by atoms with Crippen LogP contribution < -0.4 is 14.2 Å². The highest BCUT2D eigenvalue weighted by atomic mass is 19.4. The molecule has 0 saturated heterocycles. The van der Waals surface area contributed by atoms with Crippen molar-refractivity contribution in [3.05, 3.63) is 102 Å². The van der Waals surface area contributed by atoms with Gasteiger partial charge in [-0.1, -0.05) is 64.9 Å². The zero-order valence-corrected chi connectivity index (χ0v) is 27.1. The monoisotopic (exact) mass is 708 g/mol. The average molecular weight is 709 g/mol. The number of aliphatic hydroxyl groups is 1. The van der Waals surface area contributed by atoms with E-state index in [1.807, 2.05) is 37.3 Å². The van der Waals surface area contributed by atoms with Crippen LogP contribution in [-0.4, -0.2) is 58.6 Å². The Morgan fingerprint density at radius 3 is 1.71 bits per heavy atom. The summed E-state index contributed by atoms with van der Waals surface area (Å²) < 4.78 is 90.4. The van der Waals surface area contributed by atoms with Gasteiger partial charge >= 0.3 is 6.18 Å². The molecular weight excluding hydrogens is 677 g/mol. The van der Waals surface area contributed by atoms with Crippen molar-refractivity contribution in [2.75, 3.05) is 33.2 Å². The predicted molar refractivity (Wildman–Crippen MR) is 175 cm³/mol. The summed E-state index contributed by atoms with van der Waals surface area (Å²) in [5.41, 5.74) is 1.87. The van der Waals surface area contributed by atoms with Crippen LogP contribution in [0.15, 0.2) is 100 Å². The van der Waals surface area contributed by atoms with E-state index in [2.05, 4.69) is 20.3 Å². The molecule has 51 heavy (non-hydrogen) atoms. The van der Waals surface area contributed by atoms with Crippen LogP contribution in [0.2, 0.25) is 0 Å². The Balaban J connectivity index is 0.000000199. The van der Waals surface area contributed by atoms with Crippen LogP contribution in [0.25, 0.3) is 45.7 Å². The first kappa shape index (κ1) is 36.5. The molecular formula is C36H31F5N4O6. The number of aliphatic hydroxyl groups excluding tert-OH is 1. The van der Waals surface area contributed by atoms with Gasteiger partial charge in [0.05, 0.1) is 18.8 Å². The van der Waals surface area contributed by atoms with Crippen LogP contribution in [0, 0.1) is 0 Å². The van der Waals surface area contributed by atoms with Crippen molar-refractivity contribution >= 4 is 0 Å². The molecule has 0 amide bonds. The molecule has 0 unspecified atom stereocenters. The lowest BCUT2D eigenvalue weighted by Gasteiger charge is -2.13. The minimum Gasteiger partial charge on any atom is -0.490 e. The fourth-order valence-electron chi connectivity index (χ4n) is 4.60. The predicted octanol–water partition coefficient (Wildman–Crippen LogP) is 8.41. The molecule has 6 rings (SSSR count). The van der Waals surface area contributed by atoms with E-state index in [4.69, 9.17) is 28.4 Å². The standard InChI is InChI=1S/C18H14F4N2O3.C18H17FN2O3/c19-7-8-26-15-6-5-13(9-14(15)18(20,21)22)17-23-16(24-27-17)12-3-1-11(10-25)2-4-12;1-2-22-16-12-14(8-9-15(16)23-11-10-19)18-20-17(21-24-18)13-6-4-3-5-7-13/h1-6,9,25H,7-8,10H2;3-9,12H,2,10-11H2,1H3/i2*19-1. The molecule has 0 aliphatic carbocycles.